The van der Waals surface area contributed by atoms with Crippen molar-refractivity contribution in [1.29, 1.82) is 0 Å². The Morgan fingerprint density at radius 3 is 2.51 bits per heavy atom. The monoisotopic (exact) mass is 803 g/mol. The van der Waals surface area contributed by atoms with Gasteiger partial charge >= 0.3 is 11.9 Å². The average molecular weight is 804 g/mol. The minimum absolute atomic E-state index is 0.0234. The van der Waals surface area contributed by atoms with Crippen molar-refractivity contribution < 1.29 is 43.7 Å². The van der Waals surface area contributed by atoms with Gasteiger partial charge in [0.2, 0.25) is 11.7 Å². The van der Waals surface area contributed by atoms with Gasteiger partial charge in [-0.05, 0) is 96.7 Å². The lowest BCUT2D eigenvalue weighted by Crippen LogP contribution is -2.66. The quantitative estimate of drug-likeness (QED) is 0.183. The molecule has 5 aliphatic carbocycles. The van der Waals surface area contributed by atoms with Gasteiger partial charge in [0.15, 0.2) is 12.4 Å². The van der Waals surface area contributed by atoms with E-state index in [0.717, 1.165) is 22.8 Å². The third kappa shape index (κ3) is 6.55. The SMILES string of the molecule is C[C@@H]1CC2[C@@H]3CCC4=CC(=O)C=C[C@]4(C)[C@@]3(C)[C@@H](O)C[C@]2(C)[C@@]1(O)C(=O)COC(=O)C1CC1C(=O)OCc1cccc([C@@H](CN)C(=O)Nc2ccc3cnccc3c2)c1. The first-order chi connectivity index (χ1) is 28.0. The number of nitrogens with one attached hydrogen (secondary N) is 1. The first-order valence-electron chi connectivity index (χ1n) is 20.7. The maximum absolute atomic E-state index is 14.0. The van der Waals surface area contributed by atoms with Crippen molar-refractivity contribution in [2.45, 2.75) is 84.0 Å². The van der Waals surface area contributed by atoms with Crippen molar-refractivity contribution in [3.63, 3.8) is 0 Å². The highest BCUT2D eigenvalue weighted by Crippen LogP contribution is 2.72. The van der Waals surface area contributed by atoms with Crippen LogP contribution in [-0.4, -0.2) is 69.5 Å². The van der Waals surface area contributed by atoms with Gasteiger partial charge in [0, 0.05) is 46.3 Å². The molecule has 4 fully saturated rings. The third-order valence-corrected chi connectivity index (χ3v) is 15.3. The van der Waals surface area contributed by atoms with Gasteiger partial charge in [-0.3, -0.25) is 29.0 Å². The smallest absolute Gasteiger partial charge is 0.310 e. The lowest BCUT2D eigenvalue weighted by molar-refractivity contribution is -0.209. The Bertz CT molecular complexity index is 2310. The van der Waals surface area contributed by atoms with Crippen LogP contribution in [0.2, 0.25) is 0 Å². The molecule has 59 heavy (non-hydrogen) atoms. The van der Waals surface area contributed by atoms with Crippen molar-refractivity contribution in [3.05, 3.63) is 95.9 Å². The molecule has 0 aliphatic heterocycles. The molecule has 2 aromatic carbocycles. The van der Waals surface area contributed by atoms with Gasteiger partial charge in [-0.25, -0.2) is 0 Å². The van der Waals surface area contributed by atoms with Crippen LogP contribution in [0, 0.1) is 45.8 Å². The molecule has 1 amide bonds. The number of ketones is 2. The van der Waals surface area contributed by atoms with Crippen molar-refractivity contribution in [2.24, 2.45) is 51.6 Å². The number of hydrogen-bond donors (Lipinski definition) is 4. The second-order valence-corrected chi connectivity index (χ2v) is 18.2. The Morgan fingerprint density at radius 1 is 0.983 bits per heavy atom. The molecule has 4 saturated carbocycles. The maximum atomic E-state index is 14.0. The van der Waals surface area contributed by atoms with Gasteiger partial charge in [-0.15, -0.1) is 0 Å². The summed E-state index contributed by atoms with van der Waals surface area (Å²) in [5.74, 6) is -4.92. The molecular weight excluding hydrogens is 751 g/mol. The van der Waals surface area contributed by atoms with Gasteiger partial charge in [-0.2, -0.15) is 0 Å². The first kappa shape index (κ1) is 40.7. The normalized spacial score (nSPS) is 34.8. The zero-order valence-electron chi connectivity index (χ0n) is 34.0. The zero-order valence-corrected chi connectivity index (χ0v) is 34.0. The summed E-state index contributed by atoms with van der Waals surface area (Å²) in [6.07, 6.45) is 10.2. The van der Waals surface area contributed by atoms with Gasteiger partial charge in [0.1, 0.15) is 12.2 Å². The molecule has 3 unspecified atom stereocenters. The van der Waals surface area contributed by atoms with Gasteiger partial charge in [0.05, 0.1) is 23.9 Å². The van der Waals surface area contributed by atoms with Crippen LogP contribution in [0.1, 0.15) is 76.8 Å². The Hall–Kier alpha value is -5.04. The molecule has 0 spiro atoms. The molecule has 3 aromatic rings. The topological polar surface area (TPSA) is 195 Å². The summed E-state index contributed by atoms with van der Waals surface area (Å²) in [7, 11) is 0. The first-order valence-corrected chi connectivity index (χ1v) is 20.7. The fourth-order valence-electron chi connectivity index (χ4n) is 11.6. The number of aromatic nitrogens is 1. The van der Waals surface area contributed by atoms with E-state index >= 15 is 0 Å². The van der Waals surface area contributed by atoms with E-state index in [9.17, 15) is 34.2 Å². The molecule has 1 heterocycles. The second-order valence-electron chi connectivity index (χ2n) is 18.2. The number of amides is 1. The molecule has 0 bridgehead atoms. The zero-order chi connectivity index (χ0) is 42.1. The lowest BCUT2D eigenvalue weighted by atomic mass is 9.39. The van der Waals surface area contributed by atoms with E-state index in [1.54, 1.807) is 54.9 Å². The van der Waals surface area contributed by atoms with Crippen molar-refractivity contribution >= 4 is 45.9 Å². The minimum atomic E-state index is -1.84. The number of aliphatic hydroxyl groups is 2. The largest absolute Gasteiger partial charge is 0.461 e. The van der Waals surface area contributed by atoms with E-state index < -0.39 is 76.0 Å². The van der Waals surface area contributed by atoms with Crippen molar-refractivity contribution in [2.75, 3.05) is 18.5 Å². The molecule has 12 nitrogen and oxygen atoms in total. The van der Waals surface area contributed by atoms with E-state index in [2.05, 4.69) is 24.1 Å². The Morgan fingerprint density at radius 2 is 1.75 bits per heavy atom. The Labute approximate surface area is 343 Å². The van der Waals surface area contributed by atoms with E-state index in [0.29, 0.717) is 29.7 Å². The van der Waals surface area contributed by atoms with Gasteiger partial charge < -0.3 is 30.7 Å². The molecule has 11 atom stereocenters. The Balaban J connectivity index is 0.855. The highest BCUT2D eigenvalue weighted by Gasteiger charge is 2.73. The van der Waals surface area contributed by atoms with Crippen molar-refractivity contribution in [3.8, 4) is 0 Å². The summed E-state index contributed by atoms with van der Waals surface area (Å²) in [5.41, 5.74) is 5.03. The number of ether oxygens (including phenoxy) is 2. The molecule has 8 rings (SSSR count). The van der Waals surface area contributed by atoms with Crippen LogP contribution >= 0.6 is 0 Å². The van der Waals surface area contributed by atoms with E-state index in [-0.39, 0.29) is 49.5 Å². The molecule has 0 radical (unpaired) electrons. The predicted molar refractivity (Wildman–Crippen MR) is 218 cm³/mol. The average Bonchev–Trinajstić information content (AvgIpc) is 4.00. The van der Waals surface area contributed by atoms with Gasteiger partial charge in [0.25, 0.3) is 0 Å². The molecule has 310 valence electrons. The van der Waals surface area contributed by atoms with E-state index in [4.69, 9.17) is 15.2 Å². The van der Waals surface area contributed by atoms with E-state index in [1.165, 1.54) is 0 Å². The highest BCUT2D eigenvalue weighted by molar-refractivity contribution is 6.01. The number of nitrogens with two attached hydrogens (primary N) is 1. The van der Waals surface area contributed by atoms with Crippen LogP contribution in [-0.2, 0) is 40.1 Å². The standard InChI is InChI=1S/C47H53N3O9/c1-26-16-38-37-11-9-31-19-33(51)12-14-44(31,2)46(37,4)39(52)21-45(38,3)47(26,57)40(53)25-59-43(56)35-20-34(35)42(55)58-24-27-6-5-7-29(17-27)36(22-48)41(54)50-32-10-8-30-23-49-15-13-28(30)18-32/h5-8,10,12-15,17-19,23,26,34-39,52,57H,9,11,16,20-22,24-25,48H2,1-4H3,(H,50,54)/t26-,34?,35?,36-,37+,38?,39+,44+,45+,46-,47+/m1/s1. The number of pyridine rings is 1. The summed E-state index contributed by atoms with van der Waals surface area (Å²) in [5, 5.41) is 29.2. The number of anilines is 1. The van der Waals surface area contributed by atoms with Crippen LogP contribution < -0.4 is 11.1 Å². The molecule has 5 aliphatic rings. The fourth-order valence-corrected chi connectivity index (χ4v) is 11.6. The third-order valence-electron chi connectivity index (χ3n) is 15.3. The molecule has 0 saturated heterocycles. The fraction of sp³-hybridized carbons (Fsp3) is 0.489. The van der Waals surface area contributed by atoms with Crippen LogP contribution in [0.5, 0.6) is 0 Å². The highest BCUT2D eigenvalue weighted by atomic mass is 16.5. The number of allylic oxidation sites excluding steroid dienone is 4. The summed E-state index contributed by atoms with van der Waals surface area (Å²) in [4.78, 5) is 69.9. The van der Waals surface area contributed by atoms with Gasteiger partial charge in [-0.1, -0.05) is 69.7 Å². The molecular formula is C47H53N3O9. The summed E-state index contributed by atoms with van der Waals surface area (Å²) in [6, 6.07) is 14.5. The lowest BCUT2D eigenvalue weighted by Gasteiger charge is -2.65. The number of fused-ring (bicyclic) bond motifs is 6. The predicted octanol–water partition coefficient (Wildman–Crippen LogP) is 5.35. The summed E-state index contributed by atoms with van der Waals surface area (Å²) < 4.78 is 11.1. The summed E-state index contributed by atoms with van der Waals surface area (Å²) in [6.45, 7) is 7.23. The number of aliphatic hydroxyl groups excluding tert-OH is 1. The maximum Gasteiger partial charge on any atom is 0.310 e. The minimum Gasteiger partial charge on any atom is -0.461 e. The second kappa shape index (κ2) is 14.9. The number of benzene rings is 2. The number of carbonyl (C=O) groups is 5. The number of rotatable bonds is 11. The van der Waals surface area contributed by atoms with Crippen LogP contribution in [0.15, 0.2) is 84.7 Å². The molecule has 1 aromatic heterocycles. The molecule has 12 heteroatoms. The summed E-state index contributed by atoms with van der Waals surface area (Å²) >= 11 is 0. The van der Waals surface area contributed by atoms with E-state index in [1.807, 2.05) is 38.1 Å². The number of hydrogen-bond acceptors (Lipinski definition) is 11. The van der Waals surface area contributed by atoms with Crippen LogP contribution in [0.25, 0.3) is 10.8 Å². The number of Topliss-reactive ketones (excluding diaryl/α,β-unsaturated/α-hetero) is 1. The molecule has 5 N–H and O–H groups in total. The Kier molecular flexibility index (Phi) is 10.3. The number of nitrogens with zero attached hydrogens (tertiary/aromatic N) is 1. The van der Waals surface area contributed by atoms with Crippen molar-refractivity contribution in [1.82, 2.24) is 4.98 Å². The number of carbonyl (C=O) groups excluding carboxylic acids is 5. The number of esters is 2. The van der Waals surface area contributed by atoms with Crippen LogP contribution in [0.4, 0.5) is 5.69 Å². The van der Waals surface area contributed by atoms with Crippen LogP contribution in [0.3, 0.4) is 0 Å².